The first-order valence-electron chi connectivity index (χ1n) is 6.25. The maximum Gasteiger partial charge on any atom is 0.233 e. The summed E-state index contributed by atoms with van der Waals surface area (Å²) < 4.78 is 5.53. The van der Waals surface area contributed by atoms with Gasteiger partial charge in [0, 0.05) is 13.0 Å². The molecule has 0 aliphatic carbocycles. The molecule has 2 rings (SSSR count). The molecule has 18 heavy (non-hydrogen) atoms. The molecule has 1 heterocycles. The van der Waals surface area contributed by atoms with E-state index in [4.69, 9.17) is 4.42 Å². The summed E-state index contributed by atoms with van der Waals surface area (Å²) >= 11 is 0. The smallest absolute Gasteiger partial charge is 0.233 e. The number of benzene rings is 1. The van der Waals surface area contributed by atoms with Crippen LogP contribution in [0.1, 0.15) is 37.2 Å². The zero-order valence-electron chi connectivity index (χ0n) is 11.1. The molecule has 96 valence electrons. The number of nitrogens with one attached hydrogen (secondary N) is 1. The lowest BCUT2D eigenvalue weighted by atomic mass is 10.1. The third kappa shape index (κ3) is 3.40. The van der Waals surface area contributed by atoms with Crippen LogP contribution in [0.4, 0.5) is 0 Å². The molecule has 1 N–H and O–H groups in total. The second kappa shape index (κ2) is 5.78. The molecule has 0 amide bonds. The Balaban J connectivity index is 2.15. The normalized spacial score (nSPS) is 12.9. The lowest BCUT2D eigenvalue weighted by Crippen LogP contribution is -2.29. The molecule has 0 fully saturated rings. The monoisotopic (exact) mass is 245 g/mol. The molecule has 1 aromatic heterocycles. The molecule has 0 saturated heterocycles. The molecule has 0 unspecified atom stereocenters. The van der Waals surface area contributed by atoms with Gasteiger partial charge in [0.2, 0.25) is 11.8 Å². The molecule has 2 aromatic rings. The van der Waals surface area contributed by atoms with Gasteiger partial charge in [-0.3, -0.25) is 0 Å². The first-order chi connectivity index (χ1) is 8.65. The molecular formula is C14H19N3O. The predicted molar refractivity (Wildman–Crippen MR) is 70.2 cm³/mol. The van der Waals surface area contributed by atoms with E-state index in [9.17, 15) is 0 Å². The Morgan fingerprint density at radius 1 is 1.17 bits per heavy atom. The van der Waals surface area contributed by atoms with Gasteiger partial charge in [-0.05, 0) is 12.0 Å². The van der Waals surface area contributed by atoms with Crippen LogP contribution in [0, 0.1) is 6.92 Å². The fourth-order valence-electron chi connectivity index (χ4n) is 1.92. The van der Waals surface area contributed by atoms with E-state index >= 15 is 0 Å². The summed E-state index contributed by atoms with van der Waals surface area (Å²) in [4.78, 5) is 0. The second-order valence-corrected chi connectivity index (χ2v) is 4.72. The van der Waals surface area contributed by atoms with Gasteiger partial charge in [-0.2, -0.15) is 0 Å². The molecular weight excluding hydrogens is 226 g/mol. The van der Waals surface area contributed by atoms with E-state index in [2.05, 4.69) is 41.5 Å². The van der Waals surface area contributed by atoms with Crippen molar-refractivity contribution in [2.24, 2.45) is 0 Å². The molecule has 1 atom stereocenters. The minimum absolute atomic E-state index is 0.0635. The zero-order chi connectivity index (χ0) is 13.0. The summed E-state index contributed by atoms with van der Waals surface area (Å²) in [5, 5.41) is 11.5. The van der Waals surface area contributed by atoms with Crippen LogP contribution in [0.15, 0.2) is 34.7 Å². The van der Waals surface area contributed by atoms with Crippen molar-refractivity contribution in [1.29, 1.82) is 0 Å². The van der Waals surface area contributed by atoms with Gasteiger partial charge in [-0.15, -0.1) is 10.2 Å². The van der Waals surface area contributed by atoms with E-state index in [-0.39, 0.29) is 6.04 Å². The SMILES string of the molecule is Cc1nnc([C@H](Cc2ccccc2)NC(C)C)o1. The summed E-state index contributed by atoms with van der Waals surface area (Å²) in [6.07, 6.45) is 0.848. The Hall–Kier alpha value is -1.68. The number of nitrogens with zero attached hydrogens (tertiary/aromatic N) is 2. The van der Waals surface area contributed by atoms with Crippen LogP contribution in [0.5, 0.6) is 0 Å². The molecule has 4 heteroatoms. The van der Waals surface area contributed by atoms with E-state index in [1.54, 1.807) is 0 Å². The minimum Gasteiger partial charge on any atom is -0.424 e. The number of aromatic nitrogens is 2. The maximum absolute atomic E-state index is 5.53. The largest absolute Gasteiger partial charge is 0.424 e. The second-order valence-electron chi connectivity index (χ2n) is 4.72. The highest BCUT2D eigenvalue weighted by atomic mass is 16.4. The van der Waals surface area contributed by atoms with Crippen LogP contribution in [-0.4, -0.2) is 16.2 Å². The Labute approximate surface area is 107 Å². The number of hydrogen-bond acceptors (Lipinski definition) is 4. The van der Waals surface area contributed by atoms with Gasteiger partial charge in [0.1, 0.15) is 0 Å². The van der Waals surface area contributed by atoms with Gasteiger partial charge in [-0.1, -0.05) is 44.2 Å². The Bertz CT molecular complexity index is 479. The lowest BCUT2D eigenvalue weighted by molar-refractivity contribution is 0.366. The third-order valence-corrected chi connectivity index (χ3v) is 2.66. The summed E-state index contributed by atoms with van der Waals surface area (Å²) in [6, 6.07) is 10.8. The van der Waals surface area contributed by atoms with E-state index in [1.165, 1.54) is 5.56 Å². The minimum atomic E-state index is 0.0635. The van der Waals surface area contributed by atoms with Crippen LogP contribution in [0.2, 0.25) is 0 Å². The van der Waals surface area contributed by atoms with Crippen molar-refractivity contribution in [3.63, 3.8) is 0 Å². The summed E-state index contributed by atoms with van der Waals surface area (Å²) in [5.41, 5.74) is 1.26. The van der Waals surface area contributed by atoms with Crippen LogP contribution in [0.3, 0.4) is 0 Å². The highest BCUT2D eigenvalue weighted by molar-refractivity contribution is 5.17. The number of rotatable bonds is 5. The fraction of sp³-hybridized carbons (Fsp3) is 0.429. The standard InChI is InChI=1S/C14H19N3O/c1-10(2)15-13(14-17-16-11(3)18-14)9-12-7-5-4-6-8-12/h4-8,10,13,15H,9H2,1-3H3/t13-/m0/s1. The van der Waals surface area contributed by atoms with Crippen molar-refractivity contribution < 1.29 is 4.42 Å². The maximum atomic E-state index is 5.53. The van der Waals surface area contributed by atoms with E-state index < -0.39 is 0 Å². The van der Waals surface area contributed by atoms with Crippen molar-refractivity contribution in [2.75, 3.05) is 0 Å². The Morgan fingerprint density at radius 2 is 1.89 bits per heavy atom. The average molecular weight is 245 g/mol. The Morgan fingerprint density at radius 3 is 2.44 bits per heavy atom. The van der Waals surface area contributed by atoms with Crippen LogP contribution < -0.4 is 5.32 Å². The first kappa shape index (κ1) is 12.8. The highest BCUT2D eigenvalue weighted by Gasteiger charge is 2.19. The predicted octanol–water partition coefficient (Wildman–Crippen LogP) is 2.66. The quantitative estimate of drug-likeness (QED) is 0.879. The number of hydrogen-bond donors (Lipinski definition) is 1. The molecule has 1 aromatic carbocycles. The van der Waals surface area contributed by atoms with Crippen LogP contribution in [0.25, 0.3) is 0 Å². The molecule has 0 saturated carbocycles. The van der Waals surface area contributed by atoms with Gasteiger partial charge >= 0.3 is 0 Å². The lowest BCUT2D eigenvalue weighted by Gasteiger charge is -2.18. The van der Waals surface area contributed by atoms with Gasteiger partial charge in [0.25, 0.3) is 0 Å². The highest BCUT2D eigenvalue weighted by Crippen LogP contribution is 2.18. The Kier molecular flexibility index (Phi) is 4.10. The number of aryl methyl sites for hydroxylation is 1. The fourth-order valence-corrected chi connectivity index (χ4v) is 1.92. The zero-order valence-corrected chi connectivity index (χ0v) is 11.1. The molecule has 0 aliphatic heterocycles. The topological polar surface area (TPSA) is 51.0 Å². The molecule has 0 bridgehead atoms. The van der Waals surface area contributed by atoms with Crippen LogP contribution >= 0.6 is 0 Å². The van der Waals surface area contributed by atoms with Crippen molar-refractivity contribution in [2.45, 2.75) is 39.3 Å². The third-order valence-electron chi connectivity index (χ3n) is 2.66. The van der Waals surface area contributed by atoms with Crippen molar-refractivity contribution in [3.8, 4) is 0 Å². The van der Waals surface area contributed by atoms with Crippen molar-refractivity contribution in [3.05, 3.63) is 47.7 Å². The van der Waals surface area contributed by atoms with E-state index in [0.717, 1.165) is 6.42 Å². The molecule has 0 radical (unpaired) electrons. The van der Waals surface area contributed by atoms with E-state index in [1.807, 2.05) is 25.1 Å². The summed E-state index contributed by atoms with van der Waals surface area (Å²) in [7, 11) is 0. The van der Waals surface area contributed by atoms with Gasteiger partial charge in [0.05, 0.1) is 6.04 Å². The first-order valence-corrected chi connectivity index (χ1v) is 6.25. The van der Waals surface area contributed by atoms with Gasteiger partial charge in [-0.25, -0.2) is 0 Å². The van der Waals surface area contributed by atoms with E-state index in [0.29, 0.717) is 17.8 Å². The van der Waals surface area contributed by atoms with Crippen molar-refractivity contribution >= 4 is 0 Å². The van der Waals surface area contributed by atoms with Crippen LogP contribution in [-0.2, 0) is 6.42 Å². The van der Waals surface area contributed by atoms with Crippen molar-refractivity contribution in [1.82, 2.24) is 15.5 Å². The summed E-state index contributed by atoms with van der Waals surface area (Å²) in [5.74, 6) is 1.26. The molecule has 0 spiro atoms. The molecule has 0 aliphatic rings. The molecule has 4 nitrogen and oxygen atoms in total. The van der Waals surface area contributed by atoms with Gasteiger partial charge in [0.15, 0.2) is 0 Å². The summed E-state index contributed by atoms with van der Waals surface area (Å²) in [6.45, 7) is 6.04. The van der Waals surface area contributed by atoms with Gasteiger partial charge < -0.3 is 9.73 Å². The average Bonchev–Trinajstić information content (AvgIpc) is 2.76.